The van der Waals surface area contributed by atoms with Gasteiger partial charge in [0.15, 0.2) is 0 Å². The van der Waals surface area contributed by atoms with Crippen molar-refractivity contribution < 1.29 is 5.11 Å². The number of hydrogen-bond donors (Lipinski definition) is 1. The molecule has 1 fully saturated rings. The van der Waals surface area contributed by atoms with Crippen LogP contribution in [-0.4, -0.2) is 21.0 Å². The molecule has 0 radical (unpaired) electrons. The molecular formula is C13H22N2O. The number of aliphatic hydroxyl groups excluding tert-OH is 1. The van der Waals surface area contributed by atoms with Crippen LogP contribution in [0.15, 0.2) is 6.07 Å². The summed E-state index contributed by atoms with van der Waals surface area (Å²) in [6.45, 7) is 2.01. The fourth-order valence-electron chi connectivity index (χ4n) is 2.77. The third kappa shape index (κ3) is 2.64. The van der Waals surface area contributed by atoms with E-state index in [1.54, 1.807) is 0 Å². The number of rotatable bonds is 4. The molecular weight excluding hydrogens is 200 g/mol. The van der Waals surface area contributed by atoms with E-state index in [1.165, 1.54) is 31.4 Å². The standard InChI is InChI=1S/C13H22N2O/c1-10-9-12(15(2)14-10)7-8-13(16)11-5-3-4-6-11/h9,11,13,16H,3-8H2,1-2H3. The van der Waals surface area contributed by atoms with E-state index in [-0.39, 0.29) is 6.10 Å². The molecule has 1 aromatic heterocycles. The number of hydrogen-bond acceptors (Lipinski definition) is 2. The number of aliphatic hydroxyl groups is 1. The Labute approximate surface area is 97.5 Å². The van der Waals surface area contributed by atoms with Gasteiger partial charge in [0.05, 0.1) is 11.8 Å². The quantitative estimate of drug-likeness (QED) is 0.848. The fraction of sp³-hybridized carbons (Fsp3) is 0.769. The Morgan fingerprint density at radius 2 is 2.19 bits per heavy atom. The average Bonchev–Trinajstić information content (AvgIpc) is 2.84. The molecule has 1 N–H and O–H groups in total. The van der Waals surface area contributed by atoms with Crippen LogP contribution in [0.2, 0.25) is 0 Å². The molecule has 0 spiro atoms. The van der Waals surface area contributed by atoms with E-state index in [4.69, 9.17) is 0 Å². The minimum Gasteiger partial charge on any atom is -0.393 e. The van der Waals surface area contributed by atoms with Gasteiger partial charge in [0.1, 0.15) is 0 Å². The van der Waals surface area contributed by atoms with Gasteiger partial charge in [0.25, 0.3) is 0 Å². The lowest BCUT2D eigenvalue weighted by Gasteiger charge is -2.17. The Hall–Kier alpha value is -0.830. The Morgan fingerprint density at radius 3 is 2.75 bits per heavy atom. The molecule has 1 heterocycles. The van der Waals surface area contributed by atoms with Crippen LogP contribution in [0.5, 0.6) is 0 Å². The molecule has 2 rings (SSSR count). The molecule has 0 aliphatic heterocycles. The van der Waals surface area contributed by atoms with E-state index in [0.29, 0.717) is 5.92 Å². The molecule has 90 valence electrons. The summed E-state index contributed by atoms with van der Waals surface area (Å²) in [5, 5.41) is 14.4. The van der Waals surface area contributed by atoms with Crippen molar-refractivity contribution in [1.82, 2.24) is 9.78 Å². The summed E-state index contributed by atoms with van der Waals surface area (Å²) in [7, 11) is 1.98. The highest BCUT2D eigenvalue weighted by atomic mass is 16.3. The zero-order valence-electron chi connectivity index (χ0n) is 10.3. The molecule has 1 unspecified atom stereocenters. The van der Waals surface area contributed by atoms with Crippen LogP contribution in [0.4, 0.5) is 0 Å². The molecule has 0 bridgehead atoms. The van der Waals surface area contributed by atoms with Crippen LogP contribution in [0.1, 0.15) is 43.5 Å². The van der Waals surface area contributed by atoms with Crippen LogP contribution in [-0.2, 0) is 13.5 Å². The van der Waals surface area contributed by atoms with Crippen molar-refractivity contribution in [2.24, 2.45) is 13.0 Å². The van der Waals surface area contributed by atoms with Gasteiger partial charge < -0.3 is 5.11 Å². The van der Waals surface area contributed by atoms with Crippen molar-refractivity contribution in [3.05, 3.63) is 17.5 Å². The third-order valence-electron chi connectivity index (χ3n) is 3.74. The second-order valence-electron chi connectivity index (χ2n) is 5.05. The first-order chi connectivity index (χ1) is 7.66. The second kappa shape index (κ2) is 5.00. The molecule has 0 saturated heterocycles. The first kappa shape index (κ1) is 11.6. The monoisotopic (exact) mass is 222 g/mol. The lowest BCUT2D eigenvalue weighted by molar-refractivity contribution is 0.102. The maximum atomic E-state index is 10.1. The summed E-state index contributed by atoms with van der Waals surface area (Å²) in [6.07, 6.45) is 6.73. The topological polar surface area (TPSA) is 38.0 Å². The van der Waals surface area contributed by atoms with Gasteiger partial charge in [-0.05, 0) is 44.6 Å². The van der Waals surface area contributed by atoms with Crippen molar-refractivity contribution >= 4 is 0 Å². The molecule has 1 saturated carbocycles. The first-order valence-corrected chi connectivity index (χ1v) is 6.34. The Bertz CT molecular complexity index is 340. The van der Waals surface area contributed by atoms with Crippen molar-refractivity contribution in [3.63, 3.8) is 0 Å². The normalized spacial score (nSPS) is 19.2. The van der Waals surface area contributed by atoms with Crippen molar-refractivity contribution in [2.45, 2.75) is 51.6 Å². The van der Waals surface area contributed by atoms with Gasteiger partial charge in [-0.15, -0.1) is 0 Å². The van der Waals surface area contributed by atoms with Crippen molar-refractivity contribution in [2.75, 3.05) is 0 Å². The third-order valence-corrected chi connectivity index (χ3v) is 3.74. The van der Waals surface area contributed by atoms with Crippen LogP contribution in [0.25, 0.3) is 0 Å². The fourth-order valence-corrected chi connectivity index (χ4v) is 2.77. The lowest BCUT2D eigenvalue weighted by atomic mass is 9.96. The molecule has 0 aromatic carbocycles. The van der Waals surface area contributed by atoms with E-state index in [0.717, 1.165) is 18.5 Å². The van der Waals surface area contributed by atoms with Gasteiger partial charge in [0.2, 0.25) is 0 Å². The highest BCUT2D eigenvalue weighted by molar-refractivity contribution is 5.08. The highest BCUT2D eigenvalue weighted by Gasteiger charge is 2.22. The average molecular weight is 222 g/mol. The van der Waals surface area contributed by atoms with Gasteiger partial charge in [0, 0.05) is 12.7 Å². The Kier molecular flexibility index (Phi) is 3.64. The molecule has 3 heteroatoms. The Balaban J connectivity index is 1.84. The smallest absolute Gasteiger partial charge is 0.0596 e. The van der Waals surface area contributed by atoms with Gasteiger partial charge in [-0.2, -0.15) is 5.10 Å². The summed E-state index contributed by atoms with van der Waals surface area (Å²) in [4.78, 5) is 0. The van der Waals surface area contributed by atoms with E-state index >= 15 is 0 Å². The van der Waals surface area contributed by atoms with E-state index < -0.39 is 0 Å². The van der Waals surface area contributed by atoms with Crippen LogP contribution in [0.3, 0.4) is 0 Å². The van der Waals surface area contributed by atoms with Crippen LogP contribution >= 0.6 is 0 Å². The predicted molar refractivity (Wildman–Crippen MR) is 64.2 cm³/mol. The Morgan fingerprint density at radius 1 is 1.50 bits per heavy atom. The van der Waals surface area contributed by atoms with Gasteiger partial charge in [-0.25, -0.2) is 0 Å². The number of aromatic nitrogens is 2. The maximum Gasteiger partial charge on any atom is 0.0596 e. The maximum absolute atomic E-state index is 10.1. The molecule has 1 atom stereocenters. The van der Waals surface area contributed by atoms with E-state index in [1.807, 2.05) is 18.7 Å². The number of aryl methyl sites for hydroxylation is 3. The molecule has 0 amide bonds. The van der Waals surface area contributed by atoms with Gasteiger partial charge >= 0.3 is 0 Å². The summed E-state index contributed by atoms with van der Waals surface area (Å²) >= 11 is 0. The summed E-state index contributed by atoms with van der Waals surface area (Å²) < 4.78 is 1.93. The minimum atomic E-state index is -0.113. The second-order valence-corrected chi connectivity index (χ2v) is 5.05. The van der Waals surface area contributed by atoms with Crippen molar-refractivity contribution in [3.8, 4) is 0 Å². The molecule has 1 aliphatic carbocycles. The number of nitrogens with zero attached hydrogens (tertiary/aromatic N) is 2. The highest BCUT2D eigenvalue weighted by Crippen LogP contribution is 2.29. The summed E-state index contributed by atoms with van der Waals surface area (Å²) in [6, 6.07) is 2.11. The molecule has 1 aliphatic rings. The van der Waals surface area contributed by atoms with Gasteiger partial charge in [-0.1, -0.05) is 12.8 Å². The first-order valence-electron chi connectivity index (χ1n) is 6.34. The molecule has 3 nitrogen and oxygen atoms in total. The van der Waals surface area contributed by atoms with Crippen molar-refractivity contribution in [1.29, 1.82) is 0 Å². The van der Waals surface area contributed by atoms with E-state index in [2.05, 4.69) is 11.2 Å². The lowest BCUT2D eigenvalue weighted by Crippen LogP contribution is -2.18. The largest absolute Gasteiger partial charge is 0.393 e. The SMILES string of the molecule is Cc1cc(CCC(O)C2CCCC2)n(C)n1. The minimum absolute atomic E-state index is 0.113. The molecule has 16 heavy (non-hydrogen) atoms. The summed E-state index contributed by atoms with van der Waals surface area (Å²) in [5.41, 5.74) is 2.29. The van der Waals surface area contributed by atoms with Crippen LogP contribution < -0.4 is 0 Å². The predicted octanol–water partition coefficient (Wildman–Crippen LogP) is 2.21. The molecule has 1 aromatic rings. The zero-order chi connectivity index (χ0) is 11.5. The van der Waals surface area contributed by atoms with Crippen LogP contribution in [0, 0.1) is 12.8 Å². The zero-order valence-corrected chi connectivity index (χ0v) is 10.3. The van der Waals surface area contributed by atoms with E-state index in [9.17, 15) is 5.11 Å². The summed E-state index contributed by atoms with van der Waals surface area (Å²) in [5.74, 6) is 0.550. The van der Waals surface area contributed by atoms with Gasteiger partial charge in [-0.3, -0.25) is 4.68 Å².